The fourth-order valence-electron chi connectivity index (χ4n) is 2.17. The highest BCUT2D eigenvalue weighted by molar-refractivity contribution is 6.30. The first-order chi connectivity index (χ1) is 9.13. The van der Waals surface area contributed by atoms with Crippen LogP contribution in [0.15, 0.2) is 48.5 Å². The number of hydrogen-bond acceptors (Lipinski definition) is 2. The van der Waals surface area contributed by atoms with Crippen LogP contribution in [0.1, 0.15) is 34.3 Å². The molecule has 0 N–H and O–H groups in total. The van der Waals surface area contributed by atoms with Gasteiger partial charge >= 0.3 is 0 Å². The third kappa shape index (κ3) is 2.91. The summed E-state index contributed by atoms with van der Waals surface area (Å²) in [6, 6.07) is 14.3. The summed E-state index contributed by atoms with van der Waals surface area (Å²) < 4.78 is 0. The molecule has 0 saturated heterocycles. The van der Waals surface area contributed by atoms with Crippen LogP contribution in [0.25, 0.3) is 0 Å². The van der Waals surface area contributed by atoms with Crippen LogP contribution in [0.4, 0.5) is 0 Å². The number of hydrogen-bond donors (Lipinski definition) is 0. The number of aldehydes is 1. The maximum absolute atomic E-state index is 11.9. The van der Waals surface area contributed by atoms with Gasteiger partial charge in [-0.3, -0.25) is 9.59 Å². The SMILES string of the molecule is CC(=O)C(c1ccc(Cl)cc1)c1ccccc1C=O. The van der Waals surface area contributed by atoms with Gasteiger partial charge in [0.15, 0.2) is 0 Å². The van der Waals surface area contributed by atoms with Crippen LogP contribution in [-0.4, -0.2) is 12.1 Å². The van der Waals surface area contributed by atoms with E-state index >= 15 is 0 Å². The summed E-state index contributed by atoms with van der Waals surface area (Å²) in [6.07, 6.45) is 0.779. The summed E-state index contributed by atoms with van der Waals surface area (Å²) in [7, 11) is 0. The van der Waals surface area contributed by atoms with Crippen molar-refractivity contribution in [2.75, 3.05) is 0 Å². The molecule has 19 heavy (non-hydrogen) atoms. The maximum Gasteiger partial charge on any atom is 0.150 e. The van der Waals surface area contributed by atoms with Gasteiger partial charge in [-0.1, -0.05) is 48.0 Å². The molecule has 0 aliphatic rings. The Morgan fingerprint density at radius 2 is 1.74 bits per heavy atom. The van der Waals surface area contributed by atoms with Crippen molar-refractivity contribution in [2.24, 2.45) is 0 Å². The van der Waals surface area contributed by atoms with Crippen molar-refractivity contribution in [3.63, 3.8) is 0 Å². The van der Waals surface area contributed by atoms with E-state index in [0.29, 0.717) is 10.6 Å². The Bertz CT molecular complexity index is 602. The molecular weight excluding hydrogens is 260 g/mol. The van der Waals surface area contributed by atoms with Gasteiger partial charge in [0.1, 0.15) is 12.1 Å². The zero-order chi connectivity index (χ0) is 13.8. The molecular formula is C16H13ClO2. The fourth-order valence-corrected chi connectivity index (χ4v) is 2.30. The second kappa shape index (κ2) is 5.81. The van der Waals surface area contributed by atoms with Crippen molar-refractivity contribution < 1.29 is 9.59 Å². The summed E-state index contributed by atoms with van der Waals surface area (Å²) in [5.41, 5.74) is 2.11. The van der Waals surface area contributed by atoms with Crippen molar-refractivity contribution in [3.8, 4) is 0 Å². The zero-order valence-corrected chi connectivity index (χ0v) is 11.2. The molecule has 2 aromatic rings. The summed E-state index contributed by atoms with van der Waals surface area (Å²) in [5, 5.41) is 0.620. The van der Waals surface area contributed by atoms with Gasteiger partial charge < -0.3 is 0 Å². The third-order valence-electron chi connectivity index (χ3n) is 3.04. The van der Waals surface area contributed by atoms with Crippen LogP contribution in [0.5, 0.6) is 0 Å². The quantitative estimate of drug-likeness (QED) is 0.792. The highest BCUT2D eigenvalue weighted by Crippen LogP contribution is 2.28. The molecule has 1 unspecified atom stereocenters. The molecule has 2 aromatic carbocycles. The largest absolute Gasteiger partial charge is 0.299 e. The summed E-state index contributed by atoms with van der Waals surface area (Å²) >= 11 is 5.86. The van der Waals surface area contributed by atoms with Crippen molar-refractivity contribution in [3.05, 3.63) is 70.2 Å². The van der Waals surface area contributed by atoms with Crippen LogP contribution < -0.4 is 0 Å². The lowest BCUT2D eigenvalue weighted by Crippen LogP contribution is -2.12. The van der Waals surface area contributed by atoms with E-state index in [0.717, 1.165) is 17.4 Å². The van der Waals surface area contributed by atoms with Gasteiger partial charge in [0.2, 0.25) is 0 Å². The lowest BCUT2D eigenvalue weighted by molar-refractivity contribution is -0.117. The van der Waals surface area contributed by atoms with Crippen LogP contribution in [0.3, 0.4) is 0 Å². The molecule has 0 spiro atoms. The lowest BCUT2D eigenvalue weighted by atomic mass is 9.86. The lowest BCUT2D eigenvalue weighted by Gasteiger charge is -2.16. The number of carbonyl (C=O) groups is 2. The Morgan fingerprint density at radius 3 is 2.32 bits per heavy atom. The second-order valence-corrected chi connectivity index (χ2v) is 4.78. The number of carbonyl (C=O) groups excluding carboxylic acids is 2. The van der Waals surface area contributed by atoms with E-state index in [1.54, 1.807) is 24.3 Å². The van der Waals surface area contributed by atoms with Crippen LogP contribution in [0, 0.1) is 0 Å². The monoisotopic (exact) mass is 272 g/mol. The fraction of sp³-hybridized carbons (Fsp3) is 0.125. The van der Waals surface area contributed by atoms with E-state index in [2.05, 4.69) is 0 Å². The molecule has 2 nitrogen and oxygen atoms in total. The van der Waals surface area contributed by atoms with Crippen molar-refractivity contribution >= 4 is 23.7 Å². The molecule has 0 radical (unpaired) electrons. The Balaban J connectivity index is 2.54. The van der Waals surface area contributed by atoms with E-state index in [1.807, 2.05) is 24.3 Å². The number of halogens is 1. The molecule has 0 amide bonds. The van der Waals surface area contributed by atoms with Gasteiger partial charge in [-0.05, 0) is 30.2 Å². The van der Waals surface area contributed by atoms with Crippen molar-refractivity contribution in [1.29, 1.82) is 0 Å². The van der Waals surface area contributed by atoms with Gasteiger partial charge in [-0.15, -0.1) is 0 Å². The van der Waals surface area contributed by atoms with Crippen molar-refractivity contribution in [1.82, 2.24) is 0 Å². The van der Waals surface area contributed by atoms with E-state index in [-0.39, 0.29) is 5.78 Å². The van der Waals surface area contributed by atoms with Gasteiger partial charge in [0.25, 0.3) is 0 Å². The van der Waals surface area contributed by atoms with Crippen molar-refractivity contribution in [2.45, 2.75) is 12.8 Å². The van der Waals surface area contributed by atoms with E-state index in [4.69, 9.17) is 11.6 Å². The van der Waals surface area contributed by atoms with Gasteiger partial charge in [-0.25, -0.2) is 0 Å². The first-order valence-electron chi connectivity index (χ1n) is 5.93. The smallest absolute Gasteiger partial charge is 0.150 e. The average molecular weight is 273 g/mol. The second-order valence-electron chi connectivity index (χ2n) is 4.34. The number of rotatable bonds is 4. The highest BCUT2D eigenvalue weighted by Gasteiger charge is 2.21. The number of ketones is 1. The van der Waals surface area contributed by atoms with Gasteiger partial charge in [0.05, 0.1) is 5.92 Å². The Morgan fingerprint density at radius 1 is 1.11 bits per heavy atom. The van der Waals surface area contributed by atoms with Crippen LogP contribution in [-0.2, 0) is 4.79 Å². The third-order valence-corrected chi connectivity index (χ3v) is 3.30. The maximum atomic E-state index is 11.9. The summed E-state index contributed by atoms with van der Waals surface area (Å²) in [4.78, 5) is 23.1. The van der Waals surface area contributed by atoms with E-state index in [9.17, 15) is 9.59 Å². The van der Waals surface area contributed by atoms with Gasteiger partial charge in [-0.2, -0.15) is 0 Å². The Labute approximate surface area is 117 Å². The normalized spacial score (nSPS) is 11.9. The van der Waals surface area contributed by atoms with Crippen LogP contribution >= 0.6 is 11.6 Å². The molecule has 1 atom stereocenters. The topological polar surface area (TPSA) is 34.1 Å². The number of Topliss-reactive ketones (excluding diaryl/α,β-unsaturated/α-hetero) is 1. The first-order valence-corrected chi connectivity index (χ1v) is 6.31. The summed E-state index contributed by atoms with van der Waals surface area (Å²) in [6.45, 7) is 1.53. The minimum absolute atomic E-state index is 0.00313. The minimum Gasteiger partial charge on any atom is -0.299 e. The molecule has 0 aliphatic heterocycles. The minimum atomic E-state index is -0.432. The Kier molecular flexibility index (Phi) is 4.13. The molecule has 0 fully saturated rings. The molecule has 0 aliphatic carbocycles. The van der Waals surface area contributed by atoms with Gasteiger partial charge in [0, 0.05) is 10.6 Å². The van der Waals surface area contributed by atoms with Crippen LogP contribution in [0.2, 0.25) is 5.02 Å². The Hall–Kier alpha value is -1.93. The molecule has 0 heterocycles. The molecule has 96 valence electrons. The number of benzene rings is 2. The first kappa shape index (κ1) is 13.5. The standard InChI is InChI=1S/C16H13ClO2/c1-11(19)16(12-6-8-14(17)9-7-12)15-5-3-2-4-13(15)10-18/h2-10,16H,1H3. The molecule has 0 aromatic heterocycles. The molecule has 3 heteroatoms. The predicted octanol–water partition coefficient (Wildman–Crippen LogP) is 3.87. The summed E-state index contributed by atoms with van der Waals surface area (Å²) in [5.74, 6) is -0.435. The highest BCUT2D eigenvalue weighted by atomic mass is 35.5. The average Bonchev–Trinajstić information content (AvgIpc) is 2.41. The zero-order valence-electron chi connectivity index (χ0n) is 10.5. The molecule has 2 rings (SSSR count). The predicted molar refractivity (Wildman–Crippen MR) is 75.8 cm³/mol. The molecule has 0 saturated carbocycles. The van der Waals surface area contributed by atoms with E-state index in [1.165, 1.54) is 6.92 Å². The van der Waals surface area contributed by atoms with E-state index < -0.39 is 5.92 Å². The molecule has 0 bridgehead atoms.